The number of aromatic nitrogens is 2. The van der Waals surface area contributed by atoms with Crippen molar-refractivity contribution in [3.8, 4) is 5.69 Å². The lowest BCUT2D eigenvalue weighted by molar-refractivity contribution is -0.121. The molecule has 0 aliphatic carbocycles. The van der Waals surface area contributed by atoms with Crippen LogP contribution in [0.25, 0.3) is 5.69 Å². The number of carbonyl (C=O) groups is 2. The maximum Gasteiger partial charge on any atom is 0.263 e. The Morgan fingerprint density at radius 3 is 2.64 bits per heavy atom. The lowest BCUT2D eigenvalue weighted by Gasteiger charge is -2.31. The van der Waals surface area contributed by atoms with Crippen LogP contribution < -0.4 is 5.32 Å². The molecule has 28 heavy (non-hydrogen) atoms. The van der Waals surface area contributed by atoms with E-state index in [1.165, 1.54) is 22.1 Å². The zero-order valence-electron chi connectivity index (χ0n) is 15.0. The fraction of sp³-hybridized carbons (Fsp3) is 0.250. The van der Waals surface area contributed by atoms with Gasteiger partial charge >= 0.3 is 0 Å². The number of amides is 2. The van der Waals surface area contributed by atoms with Crippen LogP contribution in [-0.4, -0.2) is 39.6 Å². The molecule has 2 aromatic heterocycles. The number of benzene rings is 1. The topological polar surface area (TPSA) is 67.2 Å². The zero-order valence-corrected chi connectivity index (χ0v) is 15.9. The Labute approximate surface area is 165 Å². The highest BCUT2D eigenvalue weighted by Crippen LogP contribution is 2.23. The maximum atomic E-state index is 14.3. The molecular formula is C20H19FN4O2S. The minimum Gasteiger partial charge on any atom is -0.338 e. The highest BCUT2D eigenvalue weighted by atomic mass is 32.1. The lowest BCUT2D eigenvalue weighted by Crippen LogP contribution is -2.41. The van der Waals surface area contributed by atoms with Gasteiger partial charge in [-0.15, -0.1) is 11.3 Å². The first kappa shape index (κ1) is 18.4. The van der Waals surface area contributed by atoms with Gasteiger partial charge in [0, 0.05) is 37.1 Å². The third-order valence-corrected chi connectivity index (χ3v) is 5.71. The molecule has 3 heterocycles. The summed E-state index contributed by atoms with van der Waals surface area (Å²) in [7, 11) is 0. The Hall–Kier alpha value is -3.00. The third-order valence-electron chi connectivity index (χ3n) is 4.85. The van der Waals surface area contributed by atoms with Gasteiger partial charge in [-0.25, -0.2) is 9.07 Å². The Morgan fingerprint density at radius 1 is 1.18 bits per heavy atom. The molecule has 8 heteroatoms. The summed E-state index contributed by atoms with van der Waals surface area (Å²) in [4.78, 5) is 27.4. The first-order valence-electron chi connectivity index (χ1n) is 9.05. The third kappa shape index (κ3) is 3.82. The average molecular weight is 398 g/mol. The minimum absolute atomic E-state index is 0.0186. The van der Waals surface area contributed by atoms with Crippen molar-refractivity contribution in [1.82, 2.24) is 14.7 Å². The van der Waals surface area contributed by atoms with Crippen LogP contribution in [-0.2, 0) is 4.79 Å². The predicted octanol–water partition coefficient (Wildman–Crippen LogP) is 3.56. The van der Waals surface area contributed by atoms with E-state index in [1.54, 1.807) is 35.5 Å². The van der Waals surface area contributed by atoms with E-state index in [-0.39, 0.29) is 17.7 Å². The SMILES string of the molecule is O=C(Nc1ccc(-n2cccn2)c(F)c1)C1CCN(C(=O)c2cccs2)CC1. The van der Waals surface area contributed by atoms with E-state index < -0.39 is 5.82 Å². The molecule has 1 saturated heterocycles. The van der Waals surface area contributed by atoms with Crippen LogP contribution in [0.2, 0.25) is 0 Å². The van der Waals surface area contributed by atoms with Crippen molar-refractivity contribution >= 4 is 28.8 Å². The van der Waals surface area contributed by atoms with Crippen molar-refractivity contribution in [3.05, 3.63) is 64.9 Å². The molecule has 1 N–H and O–H groups in total. The first-order valence-corrected chi connectivity index (χ1v) is 9.93. The summed E-state index contributed by atoms with van der Waals surface area (Å²) in [5.74, 6) is -0.779. The number of carbonyl (C=O) groups excluding carboxylic acids is 2. The number of nitrogens with one attached hydrogen (secondary N) is 1. The van der Waals surface area contributed by atoms with Crippen molar-refractivity contribution in [2.45, 2.75) is 12.8 Å². The quantitative estimate of drug-likeness (QED) is 0.731. The summed E-state index contributed by atoms with van der Waals surface area (Å²) >= 11 is 1.42. The molecule has 1 aliphatic heterocycles. The summed E-state index contributed by atoms with van der Waals surface area (Å²) in [6.45, 7) is 1.09. The van der Waals surface area contributed by atoms with E-state index in [0.717, 1.165) is 4.88 Å². The van der Waals surface area contributed by atoms with Gasteiger partial charge in [-0.05, 0) is 48.6 Å². The van der Waals surface area contributed by atoms with E-state index in [1.807, 2.05) is 17.5 Å². The van der Waals surface area contributed by atoms with E-state index in [4.69, 9.17) is 0 Å². The van der Waals surface area contributed by atoms with Gasteiger partial charge in [0.2, 0.25) is 5.91 Å². The molecule has 2 amide bonds. The van der Waals surface area contributed by atoms with Crippen LogP contribution in [0.15, 0.2) is 54.2 Å². The van der Waals surface area contributed by atoms with Crippen LogP contribution in [0.3, 0.4) is 0 Å². The van der Waals surface area contributed by atoms with Gasteiger partial charge in [0.05, 0.1) is 4.88 Å². The number of piperidine rings is 1. The number of hydrogen-bond acceptors (Lipinski definition) is 4. The number of anilines is 1. The van der Waals surface area contributed by atoms with Crippen LogP contribution in [0.5, 0.6) is 0 Å². The molecule has 0 spiro atoms. The van der Waals surface area contributed by atoms with Crippen molar-refractivity contribution in [3.63, 3.8) is 0 Å². The van der Waals surface area contributed by atoms with E-state index >= 15 is 0 Å². The fourth-order valence-electron chi connectivity index (χ4n) is 3.33. The number of halogens is 1. The number of likely N-dealkylation sites (tertiary alicyclic amines) is 1. The predicted molar refractivity (Wildman–Crippen MR) is 105 cm³/mol. The van der Waals surface area contributed by atoms with Crippen LogP contribution in [0, 0.1) is 11.7 Å². The largest absolute Gasteiger partial charge is 0.338 e. The van der Waals surface area contributed by atoms with Gasteiger partial charge in [0.1, 0.15) is 5.69 Å². The normalized spacial score (nSPS) is 14.8. The van der Waals surface area contributed by atoms with Crippen LogP contribution in [0.4, 0.5) is 10.1 Å². The monoisotopic (exact) mass is 398 g/mol. The van der Waals surface area contributed by atoms with Crippen molar-refractivity contribution < 1.29 is 14.0 Å². The Bertz CT molecular complexity index is 964. The van der Waals surface area contributed by atoms with E-state index in [0.29, 0.717) is 37.3 Å². The summed E-state index contributed by atoms with van der Waals surface area (Å²) in [6.07, 6.45) is 4.42. The second-order valence-corrected chi connectivity index (χ2v) is 7.60. The molecule has 1 aliphatic rings. The molecule has 3 aromatic rings. The van der Waals surface area contributed by atoms with E-state index in [9.17, 15) is 14.0 Å². The van der Waals surface area contributed by atoms with Gasteiger partial charge in [0.25, 0.3) is 5.91 Å². The van der Waals surface area contributed by atoms with Gasteiger partial charge < -0.3 is 10.2 Å². The summed E-state index contributed by atoms with van der Waals surface area (Å²) in [5.41, 5.74) is 0.735. The molecule has 0 radical (unpaired) electrons. The second-order valence-electron chi connectivity index (χ2n) is 6.65. The fourth-order valence-corrected chi connectivity index (χ4v) is 4.02. The Balaban J connectivity index is 1.35. The molecule has 0 unspecified atom stereocenters. The van der Waals surface area contributed by atoms with Gasteiger partial charge in [-0.2, -0.15) is 5.10 Å². The smallest absolute Gasteiger partial charge is 0.263 e. The standard InChI is InChI=1S/C20H19FN4O2S/c21-16-13-15(4-5-17(16)25-9-2-8-22-25)23-19(26)14-6-10-24(11-7-14)20(27)18-3-1-12-28-18/h1-5,8-9,12-14H,6-7,10-11H2,(H,23,26). The number of rotatable bonds is 4. The maximum absolute atomic E-state index is 14.3. The Morgan fingerprint density at radius 2 is 2.00 bits per heavy atom. The van der Waals surface area contributed by atoms with Crippen molar-refractivity contribution in [2.75, 3.05) is 18.4 Å². The van der Waals surface area contributed by atoms with Gasteiger partial charge in [-0.3, -0.25) is 9.59 Å². The molecule has 4 rings (SSSR count). The molecule has 0 atom stereocenters. The van der Waals surface area contributed by atoms with E-state index in [2.05, 4.69) is 10.4 Å². The molecule has 0 saturated carbocycles. The van der Waals surface area contributed by atoms with Crippen LogP contribution in [0.1, 0.15) is 22.5 Å². The molecule has 6 nitrogen and oxygen atoms in total. The minimum atomic E-state index is -0.460. The zero-order chi connectivity index (χ0) is 19.5. The summed E-state index contributed by atoms with van der Waals surface area (Å²) in [6, 6.07) is 9.92. The number of nitrogens with zero attached hydrogens (tertiary/aromatic N) is 3. The molecule has 0 bridgehead atoms. The lowest BCUT2D eigenvalue weighted by atomic mass is 9.95. The second kappa shape index (κ2) is 7.93. The highest BCUT2D eigenvalue weighted by Gasteiger charge is 2.28. The molecule has 144 valence electrons. The summed E-state index contributed by atoms with van der Waals surface area (Å²) < 4.78 is 15.8. The molecule has 1 fully saturated rings. The first-order chi connectivity index (χ1) is 13.6. The van der Waals surface area contributed by atoms with Crippen molar-refractivity contribution in [2.24, 2.45) is 5.92 Å². The average Bonchev–Trinajstić information content (AvgIpc) is 3.42. The number of thiophene rings is 1. The number of hydrogen-bond donors (Lipinski definition) is 1. The van der Waals surface area contributed by atoms with Crippen molar-refractivity contribution in [1.29, 1.82) is 0 Å². The van der Waals surface area contributed by atoms with Gasteiger partial charge in [-0.1, -0.05) is 6.07 Å². The Kier molecular flexibility index (Phi) is 5.21. The molecular weight excluding hydrogens is 379 g/mol. The van der Waals surface area contributed by atoms with Crippen LogP contribution >= 0.6 is 11.3 Å². The molecule has 1 aromatic carbocycles. The summed E-state index contributed by atoms with van der Waals surface area (Å²) in [5, 5.41) is 8.67. The van der Waals surface area contributed by atoms with Gasteiger partial charge in [0.15, 0.2) is 5.82 Å². The highest BCUT2D eigenvalue weighted by molar-refractivity contribution is 7.12.